The van der Waals surface area contributed by atoms with Crippen molar-refractivity contribution in [3.63, 3.8) is 0 Å². The predicted octanol–water partition coefficient (Wildman–Crippen LogP) is 3.57. The Labute approximate surface area is 162 Å². The van der Waals surface area contributed by atoms with Gasteiger partial charge in [0.2, 0.25) is 0 Å². The number of ether oxygens (including phenoxy) is 1. The summed E-state index contributed by atoms with van der Waals surface area (Å²) in [6.07, 6.45) is 0.987. The summed E-state index contributed by atoms with van der Waals surface area (Å²) in [5, 5.41) is 8.72. The Bertz CT molecular complexity index is 1010. The third kappa shape index (κ3) is 2.58. The Morgan fingerprint density at radius 1 is 1.30 bits per heavy atom. The van der Waals surface area contributed by atoms with Gasteiger partial charge in [0.05, 0.1) is 18.4 Å². The molecule has 6 heteroatoms. The SMILES string of the molecule is COc1cccc(-c2nn(C)c3c2[C@@H]2CN(C(=O)c4ccsc4)C[C@@H]2C3)c1. The van der Waals surface area contributed by atoms with Crippen LogP contribution in [0.1, 0.15) is 27.5 Å². The first-order chi connectivity index (χ1) is 13.2. The zero-order valence-electron chi connectivity index (χ0n) is 15.4. The van der Waals surface area contributed by atoms with E-state index in [4.69, 9.17) is 9.84 Å². The Morgan fingerprint density at radius 3 is 2.96 bits per heavy atom. The van der Waals surface area contributed by atoms with Crippen molar-refractivity contribution in [1.29, 1.82) is 0 Å². The average Bonchev–Trinajstić information content (AvgIpc) is 3.44. The van der Waals surface area contributed by atoms with Crippen molar-refractivity contribution in [2.75, 3.05) is 20.2 Å². The Kier molecular flexibility index (Phi) is 3.82. The second-order valence-corrected chi connectivity index (χ2v) is 8.14. The van der Waals surface area contributed by atoms with Crippen LogP contribution in [0, 0.1) is 5.92 Å². The van der Waals surface area contributed by atoms with Gasteiger partial charge in [-0.05, 0) is 35.9 Å². The number of rotatable bonds is 3. The highest BCUT2D eigenvalue weighted by Gasteiger charge is 2.45. The van der Waals surface area contributed by atoms with Crippen molar-refractivity contribution >= 4 is 17.2 Å². The molecular formula is C21H21N3O2S. The molecular weight excluding hydrogens is 358 g/mol. The normalized spacial score (nSPS) is 20.6. The molecule has 0 N–H and O–H groups in total. The van der Waals surface area contributed by atoms with Crippen LogP contribution < -0.4 is 4.74 Å². The topological polar surface area (TPSA) is 47.4 Å². The number of carbonyl (C=O) groups is 1. The van der Waals surface area contributed by atoms with Crippen LogP contribution in [0.15, 0.2) is 41.1 Å². The molecule has 0 spiro atoms. The Balaban J connectivity index is 1.49. The third-order valence-corrected chi connectivity index (χ3v) is 6.56. The van der Waals surface area contributed by atoms with E-state index in [1.807, 2.05) is 51.7 Å². The summed E-state index contributed by atoms with van der Waals surface area (Å²) in [6.45, 7) is 1.60. The van der Waals surface area contributed by atoms with Crippen LogP contribution in [0.4, 0.5) is 0 Å². The summed E-state index contributed by atoms with van der Waals surface area (Å²) in [7, 11) is 3.71. The molecule has 3 aromatic rings. The molecule has 3 heterocycles. The monoisotopic (exact) mass is 379 g/mol. The van der Waals surface area contributed by atoms with Crippen LogP contribution >= 0.6 is 11.3 Å². The fourth-order valence-corrected chi connectivity index (χ4v) is 5.21. The molecule has 138 valence electrons. The standard InChI is InChI=1S/C21H21N3O2S/c1-23-18-9-15-10-24(21(25)14-6-7-27-12-14)11-17(15)19(18)20(22-23)13-4-3-5-16(8-13)26-2/h3-8,12,15,17H,9-11H2,1-2H3/t15-,17+/m0/s1. The highest BCUT2D eigenvalue weighted by Crippen LogP contribution is 2.47. The van der Waals surface area contributed by atoms with Gasteiger partial charge in [-0.15, -0.1) is 0 Å². The first-order valence-corrected chi connectivity index (χ1v) is 10.1. The molecule has 1 aliphatic heterocycles. The smallest absolute Gasteiger partial charge is 0.254 e. The summed E-state index contributed by atoms with van der Waals surface area (Å²) in [5.74, 6) is 1.83. The van der Waals surface area contributed by atoms with E-state index in [0.717, 1.165) is 42.1 Å². The van der Waals surface area contributed by atoms with Gasteiger partial charge in [-0.1, -0.05) is 12.1 Å². The van der Waals surface area contributed by atoms with Crippen molar-refractivity contribution in [2.24, 2.45) is 13.0 Å². The fourth-order valence-electron chi connectivity index (χ4n) is 4.58. The lowest BCUT2D eigenvalue weighted by Gasteiger charge is -2.16. The van der Waals surface area contributed by atoms with Crippen LogP contribution in [0.25, 0.3) is 11.3 Å². The number of fused-ring (bicyclic) bond motifs is 3. The fraction of sp³-hybridized carbons (Fsp3) is 0.333. The Morgan fingerprint density at radius 2 is 2.19 bits per heavy atom. The number of amides is 1. The van der Waals surface area contributed by atoms with E-state index in [2.05, 4.69) is 6.07 Å². The van der Waals surface area contributed by atoms with E-state index in [-0.39, 0.29) is 5.91 Å². The predicted molar refractivity (Wildman–Crippen MR) is 105 cm³/mol. The minimum Gasteiger partial charge on any atom is -0.497 e. The lowest BCUT2D eigenvalue weighted by Crippen LogP contribution is -2.29. The molecule has 0 radical (unpaired) electrons. The third-order valence-electron chi connectivity index (χ3n) is 5.87. The van der Waals surface area contributed by atoms with E-state index in [9.17, 15) is 4.79 Å². The summed E-state index contributed by atoms with van der Waals surface area (Å²) in [5.41, 5.74) is 5.54. The molecule has 0 saturated carbocycles. The summed E-state index contributed by atoms with van der Waals surface area (Å²) in [6, 6.07) is 9.99. The van der Waals surface area contributed by atoms with Gasteiger partial charge in [0.15, 0.2) is 0 Å². The van der Waals surface area contributed by atoms with Crippen molar-refractivity contribution in [3.8, 4) is 17.0 Å². The molecule has 5 rings (SSSR count). The summed E-state index contributed by atoms with van der Waals surface area (Å²) >= 11 is 1.57. The molecule has 2 aromatic heterocycles. The molecule has 2 atom stereocenters. The quantitative estimate of drug-likeness (QED) is 0.699. The van der Waals surface area contributed by atoms with Crippen molar-refractivity contribution < 1.29 is 9.53 Å². The molecule has 1 saturated heterocycles. The van der Waals surface area contributed by atoms with Crippen molar-refractivity contribution in [1.82, 2.24) is 14.7 Å². The van der Waals surface area contributed by atoms with E-state index in [1.54, 1.807) is 18.4 Å². The molecule has 1 amide bonds. The van der Waals surface area contributed by atoms with Crippen LogP contribution in [0.2, 0.25) is 0 Å². The number of methoxy groups -OCH3 is 1. The number of likely N-dealkylation sites (tertiary alicyclic amines) is 1. The van der Waals surface area contributed by atoms with Gasteiger partial charge in [-0.25, -0.2) is 0 Å². The zero-order chi connectivity index (χ0) is 18.5. The van der Waals surface area contributed by atoms with Crippen molar-refractivity contribution in [3.05, 3.63) is 57.9 Å². The largest absolute Gasteiger partial charge is 0.497 e. The first kappa shape index (κ1) is 16.6. The summed E-state index contributed by atoms with van der Waals surface area (Å²) < 4.78 is 7.41. The van der Waals surface area contributed by atoms with Crippen LogP contribution in [-0.2, 0) is 13.5 Å². The minimum absolute atomic E-state index is 0.152. The maximum Gasteiger partial charge on any atom is 0.254 e. The van der Waals surface area contributed by atoms with Gasteiger partial charge >= 0.3 is 0 Å². The van der Waals surface area contributed by atoms with E-state index < -0.39 is 0 Å². The first-order valence-electron chi connectivity index (χ1n) is 9.17. The summed E-state index contributed by atoms with van der Waals surface area (Å²) in [4.78, 5) is 14.8. The number of hydrogen-bond donors (Lipinski definition) is 0. The van der Waals surface area contributed by atoms with Gasteiger partial charge in [0.25, 0.3) is 5.91 Å². The second-order valence-electron chi connectivity index (χ2n) is 7.36. The van der Waals surface area contributed by atoms with Gasteiger partial charge in [0, 0.05) is 48.3 Å². The number of carbonyl (C=O) groups excluding carboxylic acids is 1. The number of nitrogens with zero attached hydrogens (tertiary/aromatic N) is 3. The lowest BCUT2D eigenvalue weighted by molar-refractivity contribution is 0.0785. The number of aryl methyl sites for hydroxylation is 1. The zero-order valence-corrected chi connectivity index (χ0v) is 16.2. The highest BCUT2D eigenvalue weighted by atomic mass is 32.1. The molecule has 1 aliphatic carbocycles. The molecule has 1 fully saturated rings. The number of aromatic nitrogens is 2. The van der Waals surface area contributed by atoms with Crippen molar-refractivity contribution in [2.45, 2.75) is 12.3 Å². The van der Waals surface area contributed by atoms with Crippen LogP contribution in [0.5, 0.6) is 5.75 Å². The Hall–Kier alpha value is -2.60. The molecule has 1 aromatic carbocycles. The molecule has 5 nitrogen and oxygen atoms in total. The lowest BCUT2D eigenvalue weighted by atomic mass is 9.94. The van der Waals surface area contributed by atoms with Gasteiger partial charge < -0.3 is 9.64 Å². The average molecular weight is 379 g/mol. The van der Waals surface area contributed by atoms with Crippen LogP contribution in [0.3, 0.4) is 0 Å². The molecule has 0 bridgehead atoms. The van der Waals surface area contributed by atoms with Gasteiger partial charge in [-0.2, -0.15) is 16.4 Å². The number of thiophene rings is 1. The number of hydrogen-bond acceptors (Lipinski definition) is 4. The molecule has 2 aliphatic rings. The number of benzene rings is 1. The maximum atomic E-state index is 12.8. The van der Waals surface area contributed by atoms with E-state index in [1.165, 1.54) is 11.3 Å². The van der Waals surface area contributed by atoms with Crippen LogP contribution in [-0.4, -0.2) is 40.8 Å². The molecule has 0 unspecified atom stereocenters. The highest BCUT2D eigenvalue weighted by molar-refractivity contribution is 7.08. The maximum absolute atomic E-state index is 12.8. The van der Waals surface area contributed by atoms with Gasteiger partial charge in [0.1, 0.15) is 5.75 Å². The van der Waals surface area contributed by atoms with E-state index >= 15 is 0 Å². The second kappa shape index (κ2) is 6.23. The molecule has 27 heavy (non-hydrogen) atoms. The van der Waals surface area contributed by atoms with E-state index in [0.29, 0.717) is 11.8 Å². The van der Waals surface area contributed by atoms with Gasteiger partial charge in [-0.3, -0.25) is 9.48 Å². The minimum atomic E-state index is 0.152.